The zero-order chi connectivity index (χ0) is 17.8. The standard InChI is InChI=1S/C22H34O3/c1-21-10-8-15(23)12-14(21)4-5-16-17-6-7-19(20(24)13-25-3)22(17,2)11-9-18(16)21/h14,16-19H,4-13H2,1-3H3/t14?,16-,17-,18-,19+,21-,22-/m0/s1. The molecule has 140 valence electrons. The van der Waals surface area contributed by atoms with E-state index in [2.05, 4.69) is 13.8 Å². The number of carbonyl (C=O) groups excluding carboxylic acids is 2. The third kappa shape index (κ3) is 2.56. The molecule has 0 heterocycles. The lowest BCUT2D eigenvalue weighted by molar-refractivity contribution is -0.145. The maximum Gasteiger partial charge on any atom is 0.162 e. The maximum absolute atomic E-state index is 12.6. The molecule has 0 N–H and O–H groups in total. The quantitative estimate of drug-likeness (QED) is 0.759. The second kappa shape index (κ2) is 6.18. The van der Waals surface area contributed by atoms with Gasteiger partial charge < -0.3 is 4.74 Å². The first kappa shape index (κ1) is 17.7. The van der Waals surface area contributed by atoms with Crippen LogP contribution in [0.5, 0.6) is 0 Å². The Morgan fingerprint density at radius 1 is 1.04 bits per heavy atom. The first-order valence-electron chi connectivity index (χ1n) is 10.4. The zero-order valence-corrected chi connectivity index (χ0v) is 16.2. The van der Waals surface area contributed by atoms with Crippen molar-refractivity contribution in [2.75, 3.05) is 13.7 Å². The van der Waals surface area contributed by atoms with Crippen molar-refractivity contribution < 1.29 is 14.3 Å². The lowest BCUT2D eigenvalue weighted by atomic mass is 9.44. The van der Waals surface area contributed by atoms with Crippen molar-refractivity contribution >= 4 is 11.6 Å². The van der Waals surface area contributed by atoms with Gasteiger partial charge in [-0.15, -0.1) is 0 Å². The summed E-state index contributed by atoms with van der Waals surface area (Å²) in [5.41, 5.74) is 0.553. The SMILES string of the molecule is COCC(=O)[C@H]1CC[C@H]2[C@@H]3CCC4CC(=O)CC[C@]4(C)[C@H]3CC[C@]12C. The Morgan fingerprint density at radius 3 is 2.56 bits per heavy atom. The van der Waals surface area contributed by atoms with E-state index in [-0.39, 0.29) is 17.9 Å². The minimum Gasteiger partial charge on any atom is -0.377 e. The van der Waals surface area contributed by atoms with Gasteiger partial charge in [-0.25, -0.2) is 0 Å². The van der Waals surface area contributed by atoms with Crippen molar-refractivity contribution in [2.45, 2.75) is 71.6 Å². The molecule has 0 aromatic heterocycles. The van der Waals surface area contributed by atoms with Crippen molar-refractivity contribution in [3.63, 3.8) is 0 Å². The predicted molar refractivity (Wildman–Crippen MR) is 97.1 cm³/mol. The van der Waals surface area contributed by atoms with Crippen LogP contribution in [0.4, 0.5) is 0 Å². The highest BCUT2D eigenvalue weighted by Crippen LogP contribution is 2.67. The molecule has 4 aliphatic rings. The summed E-state index contributed by atoms with van der Waals surface area (Å²) in [5.74, 6) is 3.89. The van der Waals surface area contributed by atoms with Crippen LogP contribution in [0, 0.1) is 40.4 Å². The molecule has 4 aliphatic carbocycles. The summed E-state index contributed by atoms with van der Waals surface area (Å²) >= 11 is 0. The molecule has 1 unspecified atom stereocenters. The van der Waals surface area contributed by atoms with E-state index in [1.54, 1.807) is 7.11 Å². The van der Waals surface area contributed by atoms with Gasteiger partial charge in [-0.1, -0.05) is 13.8 Å². The molecule has 0 amide bonds. The first-order valence-corrected chi connectivity index (χ1v) is 10.4. The molecule has 0 aromatic rings. The molecule has 4 fully saturated rings. The summed E-state index contributed by atoms with van der Waals surface area (Å²) in [5, 5.41) is 0. The second-order valence-corrected chi connectivity index (χ2v) is 9.97. The number of Topliss-reactive ketones (excluding diaryl/α,β-unsaturated/α-hetero) is 2. The predicted octanol–water partition coefficient (Wildman–Crippen LogP) is 4.43. The highest BCUT2D eigenvalue weighted by Gasteiger charge is 2.61. The Kier molecular flexibility index (Phi) is 4.38. The van der Waals surface area contributed by atoms with Gasteiger partial charge in [-0.2, -0.15) is 0 Å². The number of rotatable bonds is 3. The van der Waals surface area contributed by atoms with Gasteiger partial charge in [-0.3, -0.25) is 9.59 Å². The third-order valence-electron chi connectivity index (χ3n) is 9.16. The first-order chi connectivity index (χ1) is 11.9. The average molecular weight is 347 g/mol. The van der Waals surface area contributed by atoms with E-state index in [1.165, 1.54) is 32.1 Å². The number of ether oxygens (including phenoxy) is 1. The highest BCUT2D eigenvalue weighted by molar-refractivity contribution is 5.83. The summed E-state index contributed by atoms with van der Waals surface area (Å²) < 4.78 is 5.16. The molecule has 3 heteroatoms. The molecule has 0 aromatic carbocycles. The third-order valence-corrected chi connectivity index (χ3v) is 9.16. The van der Waals surface area contributed by atoms with Crippen LogP contribution < -0.4 is 0 Å². The molecule has 7 atom stereocenters. The summed E-state index contributed by atoms with van der Waals surface area (Å²) in [7, 11) is 1.63. The minimum atomic E-state index is 0.185. The molecular formula is C22H34O3. The molecule has 0 saturated heterocycles. The number of ketones is 2. The zero-order valence-electron chi connectivity index (χ0n) is 16.2. The van der Waals surface area contributed by atoms with Gasteiger partial charge in [-0.05, 0) is 79.4 Å². The molecule has 25 heavy (non-hydrogen) atoms. The average Bonchev–Trinajstić information content (AvgIpc) is 2.93. The van der Waals surface area contributed by atoms with Crippen molar-refractivity contribution in [1.82, 2.24) is 0 Å². The van der Waals surface area contributed by atoms with E-state index in [0.717, 1.165) is 37.5 Å². The van der Waals surface area contributed by atoms with Crippen molar-refractivity contribution in [2.24, 2.45) is 40.4 Å². The molecule has 0 aliphatic heterocycles. The number of hydrogen-bond donors (Lipinski definition) is 0. The van der Waals surface area contributed by atoms with Gasteiger partial charge in [0.05, 0.1) is 0 Å². The van der Waals surface area contributed by atoms with Crippen molar-refractivity contribution in [1.29, 1.82) is 0 Å². The number of fused-ring (bicyclic) bond motifs is 5. The fraction of sp³-hybridized carbons (Fsp3) is 0.909. The molecule has 4 saturated carbocycles. The van der Waals surface area contributed by atoms with Gasteiger partial charge in [0, 0.05) is 25.9 Å². The van der Waals surface area contributed by atoms with E-state index < -0.39 is 0 Å². The Hall–Kier alpha value is -0.700. The molecule has 0 bridgehead atoms. The number of methoxy groups -OCH3 is 1. The van der Waals surface area contributed by atoms with Gasteiger partial charge in [0.25, 0.3) is 0 Å². The van der Waals surface area contributed by atoms with Crippen LogP contribution >= 0.6 is 0 Å². The molecule has 3 nitrogen and oxygen atoms in total. The second-order valence-electron chi connectivity index (χ2n) is 9.97. The largest absolute Gasteiger partial charge is 0.377 e. The van der Waals surface area contributed by atoms with Crippen LogP contribution in [0.3, 0.4) is 0 Å². The van der Waals surface area contributed by atoms with Crippen molar-refractivity contribution in [3.05, 3.63) is 0 Å². The fourth-order valence-electron chi connectivity index (χ4n) is 7.82. The lowest BCUT2D eigenvalue weighted by Gasteiger charge is -2.60. The van der Waals surface area contributed by atoms with Gasteiger partial charge >= 0.3 is 0 Å². The smallest absolute Gasteiger partial charge is 0.162 e. The van der Waals surface area contributed by atoms with Crippen LogP contribution in [0.2, 0.25) is 0 Å². The minimum absolute atomic E-state index is 0.185. The summed E-state index contributed by atoms with van der Waals surface area (Å²) in [6.45, 7) is 5.17. The molecular weight excluding hydrogens is 312 g/mol. The Bertz CT molecular complexity index is 570. The summed E-state index contributed by atoms with van der Waals surface area (Å²) in [6, 6.07) is 0. The van der Waals surface area contributed by atoms with Crippen LogP contribution in [-0.2, 0) is 14.3 Å². The maximum atomic E-state index is 12.6. The fourth-order valence-corrected chi connectivity index (χ4v) is 7.82. The van der Waals surface area contributed by atoms with E-state index >= 15 is 0 Å². The van der Waals surface area contributed by atoms with E-state index in [4.69, 9.17) is 4.74 Å². The van der Waals surface area contributed by atoms with Crippen LogP contribution in [0.25, 0.3) is 0 Å². The molecule has 4 rings (SSSR count). The number of carbonyl (C=O) groups is 2. The van der Waals surface area contributed by atoms with Crippen LogP contribution in [-0.4, -0.2) is 25.3 Å². The monoisotopic (exact) mass is 346 g/mol. The lowest BCUT2D eigenvalue weighted by Crippen LogP contribution is -2.54. The van der Waals surface area contributed by atoms with Gasteiger partial charge in [0.15, 0.2) is 5.78 Å². The van der Waals surface area contributed by atoms with Crippen LogP contribution in [0.15, 0.2) is 0 Å². The number of hydrogen-bond acceptors (Lipinski definition) is 3. The van der Waals surface area contributed by atoms with Gasteiger partial charge in [0.1, 0.15) is 12.4 Å². The van der Waals surface area contributed by atoms with E-state index in [1.807, 2.05) is 0 Å². The Balaban J connectivity index is 1.58. The van der Waals surface area contributed by atoms with Gasteiger partial charge in [0.2, 0.25) is 0 Å². The van der Waals surface area contributed by atoms with E-state index in [9.17, 15) is 9.59 Å². The molecule has 0 radical (unpaired) electrons. The summed E-state index contributed by atoms with van der Waals surface area (Å²) in [6.07, 6.45) is 9.97. The van der Waals surface area contributed by atoms with E-state index in [0.29, 0.717) is 28.8 Å². The molecule has 0 spiro atoms. The van der Waals surface area contributed by atoms with Crippen LogP contribution in [0.1, 0.15) is 71.6 Å². The Labute approximate surface area is 152 Å². The van der Waals surface area contributed by atoms with Crippen molar-refractivity contribution in [3.8, 4) is 0 Å². The normalized spacial score (nSPS) is 49.2. The topological polar surface area (TPSA) is 43.4 Å². The highest BCUT2D eigenvalue weighted by atomic mass is 16.5. The summed E-state index contributed by atoms with van der Waals surface area (Å²) in [4.78, 5) is 24.6. The Morgan fingerprint density at radius 2 is 1.80 bits per heavy atom.